The molecule has 2 N–H and O–H groups in total. The first-order valence-corrected chi connectivity index (χ1v) is 5.37. The van der Waals surface area contributed by atoms with Crippen molar-refractivity contribution in [2.75, 3.05) is 19.0 Å². The molecule has 1 atom stereocenters. The standard InChI is InChI=1S/C12H16N2O4/c1-8(11(16)17)13(2)12(18)14(3)9-4-6-10(15)7-5-9/h4-8,15H,1-3H3,(H,16,17). The van der Waals surface area contributed by atoms with Gasteiger partial charge in [-0.05, 0) is 31.2 Å². The highest BCUT2D eigenvalue weighted by molar-refractivity contribution is 5.93. The van der Waals surface area contributed by atoms with Gasteiger partial charge in [-0.15, -0.1) is 0 Å². The first-order valence-electron chi connectivity index (χ1n) is 5.37. The Kier molecular flexibility index (Phi) is 4.14. The van der Waals surface area contributed by atoms with Crippen LogP contribution in [0.5, 0.6) is 5.75 Å². The number of urea groups is 1. The summed E-state index contributed by atoms with van der Waals surface area (Å²) >= 11 is 0. The molecule has 98 valence electrons. The normalized spacial score (nSPS) is 11.7. The number of benzene rings is 1. The topological polar surface area (TPSA) is 81.1 Å². The number of aliphatic carboxylic acids is 1. The molecule has 1 unspecified atom stereocenters. The fourth-order valence-corrected chi connectivity index (χ4v) is 1.35. The molecule has 1 aromatic rings. The minimum atomic E-state index is -1.06. The zero-order chi connectivity index (χ0) is 13.9. The summed E-state index contributed by atoms with van der Waals surface area (Å²) in [5, 5.41) is 18.0. The first-order chi connectivity index (χ1) is 8.34. The zero-order valence-electron chi connectivity index (χ0n) is 10.5. The van der Waals surface area contributed by atoms with Crippen molar-refractivity contribution < 1.29 is 19.8 Å². The monoisotopic (exact) mass is 252 g/mol. The van der Waals surface area contributed by atoms with Gasteiger partial charge in [0.1, 0.15) is 11.8 Å². The molecule has 1 rings (SSSR count). The number of hydrogen-bond acceptors (Lipinski definition) is 3. The van der Waals surface area contributed by atoms with Gasteiger partial charge < -0.3 is 15.1 Å². The van der Waals surface area contributed by atoms with Crippen LogP contribution in [0.2, 0.25) is 0 Å². The van der Waals surface area contributed by atoms with Gasteiger partial charge >= 0.3 is 12.0 Å². The lowest BCUT2D eigenvalue weighted by atomic mass is 10.3. The van der Waals surface area contributed by atoms with E-state index in [1.54, 1.807) is 19.2 Å². The number of nitrogens with zero attached hydrogens (tertiary/aromatic N) is 2. The van der Waals surface area contributed by atoms with Gasteiger partial charge in [0.2, 0.25) is 0 Å². The van der Waals surface area contributed by atoms with E-state index in [1.807, 2.05) is 0 Å². The van der Waals surface area contributed by atoms with Crippen LogP contribution in [0, 0.1) is 0 Å². The number of phenols is 1. The Morgan fingerprint density at radius 1 is 1.17 bits per heavy atom. The Morgan fingerprint density at radius 2 is 1.67 bits per heavy atom. The molecule has 2 amide bonds. The quantitative estimate of drug-likeness (QED) is 0.851. The fourth-order valence-electron chi connectivity index (χ4n) is 1.35. The van der Waals surface area contributed by atoms with Crippen LogP contribution in [0.15, 0.2) is 24.3 Å². The maximum Gasteiger partial charge on any atom is 0.326 e. The zero-order valence-corrected chi connectivity index (χ0v) is 10.5. The number of likely N-dealkylation sites (N-methyl/N-ethyl adjacent to an activating group) is 1. The van der Waals surface area contributed by atoms with Gasteiger partial charge in [-0.25, -0.2) is 9.59 Å². The maximum atomic E-state index is 12.0. The predicted octanol–water partition coefficient (Wildman–Crippen LogP) is 1.35. The molecule has 0 aliphatic carbocycles. The van der Waals surface area contributed by atoms with E-state index in [1.165, 1.54) is 31.0 Å². The minimum Gasteiger partial charge on any atom is -0.508 e. The Balaban J connectivity index is 2.84. The van der Waals surface area contributed by atoms with Crippen LogP contribution in [0.25, 0.3) is 0 Å². The van der Waals surface area contributed by atoms with Crippen molar-refractivity contribution in [2.45, 2.75) is 13.0 Å². The molecule has 0 heterocycles. The third-order valence-corrected chi connectivity index (χ3v) is 2.76. The molecular formula is C12H16N2O4. The Morgan fingerprint density at radius 3 is 2.11 bits per heavy atom. The van der Waals surface area contributed by atoms with Crippen molar-refractivity contribution in [1.29, 1.82) is 0 Å². The maximum absolute atomic E-state index is 12.0. The number of aromatic hydroxyl groups is 1. The van der Waals surface area contributed by atoms with E-state index >= 15 is 0 Å². The molecule has 6 heteroatoms. The number of carboxylic acids is 1. The molecule has 0 saturated heterocycles. The third kappa shape index (κ3) is 2.91. The minimum absolute atomic E-state index is 0.104. The summed E-state index contributed by atoms with van der Waals surface area (Å²) in [6.45, 7) is 1.44. The van der Waals surface area contributed by atoms with Crippen LogP contribution >= 0.6 is 0 Å². The molecule has 0 aliphatic rings. The second kappa shape index (κ2) is 5.39. The van der Waals surface area contributed by atoms with Gasteiger partial charge in [0, 0.05) is 19.8 Å². The summed E-state index contributed by atoms with van der Waals surface area (Å²) in [4.78, 5) is 25.3. The molecule has 0 spiro atoms. The van der Waals surface area contributed by atoms with Crippen molar-refractivity contribution in [3.63, 3.8) is 0 Å². The number of anilines is 1. The number of hydrogen-bond donors (Lipinski definition) is 2. The summed E-state index contributed by atoms with van der Waals surface area (Å²) in [6, 6.07) is 4.73. The fraction of sp³-hybridized carbons (Fsp3) is 0.333. The number of carbonyl (C=O) groups excluding carboxylic acids is 1. The smallest absolute Gasteiger partial charge is 0.326 e. The van der Waals surface area contributed by atoms with Gasteiger partial charge in [0.25, 0.3) is 0 Å². The van der Waals surface area contributed by atoms with Crippen LogP contribution in [0.4, 0.5) is 10.5 Å². The van der Waals surface area contributed by atoms with Crippen molar-refractivity contribution in [3.8, 4) is 5.75 Å². The molecule has 0 aliphatic heterocycles. The molecule has 6 nitrogen and oxygen atoms in total. The number of carboxylic acid groups (broad SMARTS) is 1. The van der Waals surface area contributed by atoms with E-state index < -0.39 is 18.0 Å². The molecule has 18 heavy (non-hydrogen) atoms. The lowest BCUT2D eigenvalue weighted by Gasteiger charge is -2.27. The van der Waals surface area contributed by atoms with Gasteiger partial charge in [-0.2, -0.15) is 0 Å². The molecule has 0 saturated carbocycles. The van der Waals surface area contributed by atoms with Crippen molar-refractivity contribution in [2.24, 2.45) is 0 Å². The van der Waals surface area contributed by atoms with Crippen LogP contribution < -0.4 is 4.90 Å². The van der Waals surface area contributed by atoms with Gasteiger partial charge in [-0.3, -0.25) is 4.90 Å². The number of phenolic OH excluding ortho intramolecular Hbond substituents is 1. The van der Waals surface area contributed by atoms with E-state index in [0.29, 0.717) is 5.69 Å². The van der Waals surface area contributed by atoms with Gasteiger partial charge in [-0.1, -0.05) is 0 Å². The van der Waals surface area contributed by atoms with E-state index in [0.717, 1.165) is 4.90 Å². The largest absolute Gasteiger partial charge is 0.508 e. The summed E-state index contributed by atoms with van der Waals surface area (Å²) in [7, 11) is 2.97. The highest BCUT2D eigenvalue weighted by atomic mass is 16.4. The second-order valence-corrected chi connectivity index (χ2v) is 3.98. The van der Waals surface area contributed by atoms with Crippen LogP contribution in [-0.2, 0) is 4.79 Å². The van der Waals surface area contributed by atoms with Gasteiger partial charge in [0.15, 0.2) is 0 Å². The number of carbonyl (C=O) groups is 2. The van der Waals surface area contributed by atoms with Crippen LogP contribution in [0.1, 0.15) is 6.92 Å². The molecular weight excluding hydrogens is 236 g/mol. The molecule has 0 bridgehead atoms. The SMILES string of the molecule is CC(C(=O)O)N(C)C(=O)N(C)c1ccc(O)cc1. The molecule has 0 aromatic heterocycles. The van der Waals surface area contributed by atoms with Crippen molar-refractivity contribution >= 4 is 17.7 Å². The Hall–Kier alpha value is -2.24. The van der Waals surface area contributed by atoms with E-state index in [-0.39, 0.29) is 5.75 Å². The predicted molar refractivity (Wildman–Crippen MR) is 66.8 cm³/mol. The van der Waals surface area contributed by atoms with Crippen LogP contribution in [0.3, 0.4) is 0 Å². The van der Waals surface area contributed by atoms with E-state index in [4.69, 9.17) is 10.2 Å². The van der Waals surface area contributed by atoms with Crippen LogP contribution in [-0.4, -0.2) is 47.3 Å². The van der Waals surface area contributed by atoms with Crippen molar-refractivity contribution in [3.05, 3.63) is 24.3 Å². The number of rotatable bonds is 3. The third-order valence-electron chi connectivity index (χ3n) is 2.76. The van der Waals surface area contributed by atoms with E-state index in [9.17, 15) is 9.59 Å². The highest BCUT2D eigenvalue weighted by Gasteiger charge is 2.24. The first kappa shape index (κ1) is 13.8. The molecule has 0 radical (unpaired) electrons. The molecule has 0 fully saturated rings. The summed E-state index contributed by atoms with van der Waals surface area (Å²) < 4.78 is 0. The van der Waals surface area contributed by atoms with E-state index in [2.05, 4.69) is 0 Å². The average molecular weight is 252 g/mol. The lowest BCUT2D eigenvalue weighted by Crippen LogP contribution is -2.46. The highest BCUT2D eigenvalue weighted by Crippen LogP contribution is 2.18. The second-order valence-electron chi connectivity index (χ2n) is 3.98. The Labute approximate surface area is 105 Å². The average Bonchev–Trinajstić information content (AvgIpc) is 2.36. The summed E-state index contributed by atoms with van der Waals surface area (Å²) in [5.74, 6) is -0.961. The number of amides is 2. The molecule has 1 aromatic carbocycles. The summed E-state index contributed by atoms with van der Waals surface area (Å²) in [5.41, 5.74) is 0.572. The van der Waals surface area contributed by atoms with Gasteiger partial charge in [0.05, 0.1) is 0 Å². The Bertz CT molecular complexity index is 444. The van der Waals surface area contributed by atoms with Crippen molar-refractivity contribution in [1.82, 2.24) is 4.90 Å². The summed E-state index contributed by atoms with van der Waals surface area (Å²) in [6.07, 6.45) is 0. The lowest BCUT2D eigenvalue weighted by molar-refractivity contribution is -0.141.